The highest BCUT2D eigenvalue weighted by atomic mass is 16.5. The molecule has 2 heterocycles. The van der Waals surface area contributed by atoms with Gasteiger partial charge in [0.2, 0.25) is 0 Å². The molecule has 56 heavy (non-hydrogen) atoms. The predicted molar refractivity (Wildman–Crippen MR) is 225 cm³/mol. The molecule has 2 fully saturated rings. The Kier molecular flexibility index (Phi) is 12.6. The van der Waals surface area contributed by atoms with Gasteiger partial charge in [-0.15, -0.1) is 0 Å². The summed E-state index contributed by atoms with van der Waals surface area (Å²) in [4.78, 5) is 4.84. The van der Waals surface area contributed by atoms with Gasteiger partial charge in [0.15, 0.2) is 0 Å². The minimum atomic E-state index is -1.04. The number of methoxy groups -OCH3 is 2. The molecule has 6 aromatic rings. The lowest BCUT2D eigenvalue weighted by Crippen LogP contribution is -2.48. The Balaban J connectivity index is 0.000000172. The van der Waals surface area contributed by atoms with Crippen LogP contribution in [0.1, 0.15) is 59.1 Å². The zero-order valence-corrected chi connectivity index (χ0v) is 32.6. The van der Waals surface area contributed by atoms with Crippen LogP contribution in [0.4, 0.5) is 0 Å². The monoisotopic (exact) mass is 746 g/mol. The van der Waals surface area contributed by atoms with E-state index in [2.05, 4.69) is 34.1 Å². The third kappa shape index (κ3) is 8.45. The predicted octanol–water partition coefficient (Wildman–Crippen LogP) is 9.19. The van der Waals surface area contributed by atoms with E-state index in [0.29, 0.717) is 0 Å². The van der Waals surface area contributed by atoms with E-state index in [4.69, 9.17) is 9.47 Å². The van der Waals surface area contributed by atoms with Crippen LogP contribution in [0.5, 0.6) is 11.5 Å². The van der Waals surface area contributed by atoms with Crippen molar-refractivity contribution in [3.8, 4) is 11.5 Å². The first-order valence-electron chi connectivity index (χ1n) is 19.8. The second-order valence-corrected chi connectivity index (χ2v) is 15.0. The molecule has 288 valence electrons. The summed E-state index contributed by atoms with van der Waals surface area (Å²) < 4.78 is 10.6. The maximum Gasteiger partial charge on any atom is 0.130 e. The van der Waals surface area contributed by atoms with Crippen LogP contribution >= 0.6 is 0 Å². The molecule has 6 heteroatoms. The largest absolute Gasteiger partial charge is 0.497 e. The van der Waals surface area contributed by atoms with Crippen molar-refractivity contribution in [2.45, 2.75) is 62.1 Å². The molecule has 8 rings (SSSR count). The van der Waals surface area contributed by atoms with Crippen molar-refractivity contribution in [2.75, 3.05) is 27.3 Å². The molecule has 2 aliphatic rings. The van der Waals surface area contributed by atoms with E-state index >= 15 is 0 Å². The summed E-state index contributed by atoms with van der Waals surface area (Å²) in [5.41, 5.74) is 4.20. The maximum absolute atomic E-state index is 12.1. The quantitative estimate of drug-likeness (QED) is 0.130. The Labute approximate surface area is 332 Å². The first-order chi connectivity index (χ1) is 27.4. The number of hydrogen-bond acceptors (Lipinski definition) is 6. The number of rotatable bonds is 12. The summed E-state index contributed by atoms with van der Waals surface area (Å²) in [6.45, 7) is 3.60. The molecule has 0 spiro atoms. The number of aliphatic hydroxyl groups is 2. The molecule has 2 N–H and O–H groups in total. The lowest BCUT2D eigenvalue weighted by atomic mass is 9.79. The van der Waals surface area contributed by atoms with Gasteiger partial charge in [-0.25, -0.2) is 0 Å². The van der Waals surface area contributed by atoms with Crippen LogP contribution < -0.4 is 9.47 Å². The molecule has 0 unspecified atom stereocenters. The zero-order valence-electron chi connectivity index (χ0n) is 32.6. The first-order valence-corrected chi connectivity index (χ1v) is 19.8. The topological polar surface area (TPSA) is 65.4 Å². The molecule has 2 saturated heterocycles. The molecular weight excluding hydrogens is 693 g/mol. The van der Waals surface area contributed by atoms with Crippen molar-refractivity contribution < 1.29 is 19.7 Å². The normalized spacial score (nSPS) is 17.6. The van der Waals surface area contributed by atoms with Crippen molar-refractivity contribution in [2.24, 2.45) is 0 Å². The van der Waals surface area contributed by atoms with Crippen molar-refractivity contribution in [3.63, 3.8) is 0 Å². The Bertz CT molecular complexity index is 1830. The van der Waals surface area contributed by atoms with Crippen molar-refractivity contribution in [1.82, 2.24) is 9.80 Å². The number of ether oxygens (including phenoxy) is 2. The van der Waals surface area contributed by atoms with Gasteiger partial charge in [-0.05, 0) is 96.4 Å². The molecule has 6 nitrogen and oxygen atoms in total. The molecule has 6 aromatic carbocycles. The van der Waals surface area contributed by atoms with E-state index in [1.165, 1.54) is 11.1 Å². The SMILES string of the molecule is COc1ccc(CN2CCC[C@@H]2C(O)(c2ccccc2)c2ccccc2)cc1.COc1ccc(CN2CCC[C@@H]2C(O)(c2ccccc2)c2ccccc2)cc1. The Morgan fingerprint density at radius 3 is 1.00 bits per heavy atom. The molecule has 0 aliphatic carbocycles. The fraction of sp³-hybridized carbons (Fsp3) is 0.280. The van der Waals surface area contributed by atoms with E-state index in [0.717, 1.165) is 85.6 Å². The smallest absolute Gasteiger partial charge is 0.130 e. The van der Waals surface area contributed by atoms with E-state index < -0.39 is 11.2 Å². The van der Waals surface area contributed by atoms with Crippen LogP contribution in [0.25, 0.3) is 0 Å². The second-order valence-electron chi connectivity index (χ2n) is 15.0. The fourth-order valence-corrected chi connectivity index (χ4v) is 8.78. The summed E-state index contributed by atoms with van der Waals surface area (Å²) >= 11 is 0. The van der Waals surface area contributed by atoms with Crippen LogP contribution in [0, 0.1) is 0 Å². The van der Waals surface area contributed by atoms with Crippen molar-refractivity contribution in [1.29, 1.82) is 0 Å². The fourth-order valence-electron chi connectivity index (χ4n) is 8.78. The van der Waals surface area contributed by atoms with Gasteiger partial charge in [-0.3, -0.25) is 9.80 Å². The van der Waals surface area contributed by atoms with Gasteiger partial charge in [0, 0.05) is 25.2 Å². The number of hydrogen-bond donors (Lipinski definition) is 2. The van der Waals surface area contributed by atoms with Gasteiger partial charge < -0.3 is 19.7 Å². The standard InChI is InChI=1S/2C25H27NO2/c2*1-28-23-16-14-20(15-17-23)19-26-18-8-13-24(26)25(27,21-9-4-2-5-10-21)22-11-6-3-7-12-22/h2*2-7,9-12,14-17,24,27H,8,13,18-19H2,1H3/t2*24-/m11/s1. The van der Waals surface area contributed by atoms with Crippen LogP contribution in [0.2, 0.25) is 0 Å². The number of benzene rings is 6. The summed E-state index contributed by atoms with van der Waals surface area (Å²) in [7, 11) is 3.37. The molecule has 2 aliphatic heterocycles. The van der Waals surface area contributed by atoms with E-state index in [1.54, 1.807) is 14.2 Å². The van der Waals surface area contributed by atoms with Gasteiger partial charge in [0.25, 0.3) is 0 Å². The number of nitrogens with zero attached hydrogens (tertiary/aromatic N) is 2. The van der Waals surface area contributed by atoms with E-state index in [1.807, 2.05) is 146 Å². The summed E-state index contributed by atoms with van der Waals surface area (Å²) in [6.07, 6.45) is 4.11. The lowest BCUT2D eigenvalue weighted by Gasteiger charge is -2.40. The average molecular weight is 747 g/mol. The minimum Gasteiger partial charge on any atom is -0.497 e. The Morgan fingerprint density at radius 1 is 0.446 bits per heavy atom. The molecular formula is C50H54N2O4. The Morgan fingerprint density at radius 2 is 0.732 bits per heavy atom. The number of likely N-dealkylation sites (tertiary alicyclic amines) is 2. The third-order valence-corrected chi connectivity index (χ3v) is 11.6. The average Bonchev–Trinajstić information content (AvgIpc) is 3.95. The van der Waals surface area contributed by atoms with E-state index in [9.17, 15) is 10.2 Å². The van der Waals surface area contributed by atoms with Crippen LogP contribution in [0.15, 0.2) is 170 Å². The van der Waals surface area contributed by atoms with Crippen molar-refractivity contribution >= 4 is 0 Å². The molecule has 0 radical (unpaired) electrons. The molecule has 2 atom stereocenters. The van der Waals surface area contributed by atoms with Crippen LogP contribution in [-0.4, -0.2) is 59.4 Å². The minimum absolute atomic E-state index is 0.0272. The van der Waals surface area contributed by atoms with Gasteiger partial charge in [-0.1, -0.05) is 146 Å². The first kappa shape index (κ1) is 39.0. The summed E-state index contributed by atoms with van der Waals surface area (Å²) in [6, 6.07) is 56.8. The van der Waals surface area contributed by atoms with Crippen LogP contribution in [-0.2, 0) is 24.3 Å². The maximum atomic E-state index is 12.1. The second kappa shape index (κ2) is 18.1. The summed E-state index contributed by atoms with van der Waals surface area (Å²) in [5, 5.41) is 24.2. The molecule has 0 saturated carbocycles. The molecule has 0 bridgehead atoms. The Hall–Kier alpha value is -5.24. The third-order valence-electron chi connectivity index (χ3n) is 11.6. The van der Waals surface area contributed by atoms with Crippen LogP contribution in [0.3, 0.4) is 0 Å². The summed E-state index contributed by atoms with van der Waals surface area (Å²) in [5.74, 6) is 1.73. The zero-order chi connectivity index (χ0) is 38.8. The van der Waals surface area contributed by atoms with Gasteiger partial charge in [-0.2, -0.15) is 0 Å². The highest BCUT2D eigenvalue weighted by Gasteiger charge is 2.46. The van der Waals surface area contributed by atoms with Gasteiger partial charge >= 0.3 is 0 Å². The van der Waals surface area contributed by atoms with E-state index in [-0.39, 0.29) is 12.1 Å². The molecule has 0 amide bonds. The lowest BCUT2D eigenvalue weighted by molar-refractivity contribution is -0.00671. The highest BCUT2D eigenvalue weighted by molar-refractivity contribution is 5.40. The van der Waals surface area contributed by atoms with Crippen molar-refractivity contribution in [3.05, 3.63) is 203 Å². The highest BCUT2D eigenvalue weighted by Crippen LogP contribution is 2.42. The van der Waals surface area contributed by atoms with Gasteiger partial charge in [0.05, 0.1) is 14.2 Å². The molecule has 0 aromatic heterocycles. The van der Waals surface area contributed by atoms with Gasteiger partial charge in [0.1, 0.15) is 22.7 Å².